The third-order valence-electron chi connectivity index (χ3n) is 4.92. The SMILES string of the molecule is COc1ccc(-c2noc(C3CC(=O)N(c4cccc(SC)c4)C3)n2)cc1OC. The number of aromatic nitrogens is 2. The molecule has 150 valence electrons. The summed E-state index contributed by atoms with van der Waals surface area (Å²) in [4.78, 5) is 20.0. The van der Waals surface area contributed by atoms with Crippen molar-refractivity contribution in [3.63, 3.8) is 0 Å². The minimum absolute atomic E-state index is 0.0547. The van der Waals surface area contributed by atoms with E-state index in [2.05, 4.69) is 10.1 Å². The number of ether oxygens (including phenoxy) is 2. The molecule has 1 saturated heterocycles. The quantitative estimate of drug-likeness (QED) is 0.568. The van der Waals surface area contributed by atoms with E-state index in [9.17, 15) is 4.79 Å². The van der Waals surface area contributed by atoms with Crippen molar-refractivity contribution < 1.29 is 18.8 Å². The average Bonchev–Trinajstić information content (AvgIpc) is 3.40. The van der Waals surface area contributed by atoms with E-state index < -0.39 is 0 Å². The lowest BCUT2D eigenvalue weighted by atomic mass is 10.1. The van der Waals surface area contributed by atoms with Gasteiger partial charge in [-0.25, -0.2) is 0 Å². The van der Waals surface area contributed by atoms with Gasteiger partial charge in [-0.15, -0.1) is 11.8 Å². The molecule has 1 fully saturated rings. The highest BCUT2D eigenvalue weighted by molar-refractivity contribution is 7.98. The molecule has 0 saturated carbocycles. The Bertz CT molecular complexity index is 1040. The van der Waals surface area contributed by atoms with Gasteiger partial charge in [-0.3, -0.25) is 4.79 Å². The smallest absolute Gasteiger partial charge is 0.232 e. The van der Waals surface area contributed by atoms with Crippen molar-refractivity contribution in [1.82, 2.24) is 10.1 Å². The highest BCUT2D eigenvalue weighted by Gasteiger charge is 2.35. The number of hydrogen-bond acceptors (Lipinski definition) is 7. The van der Waals surface area contributed by atoms with Crippen LogP contribution in [0.25, 0.3) is 11.4 Å². The predicted octanol–water partition coefficient (Wildman–Crippen LogP) is 4.00. The third-order valence-corrected chi connectivity index (χ3v) is 5.65. The molecule has 0 bridgehead atoms. The van der Waals surface area contributed by atoms with Crippen LogP contribution in [0.1, 0.15) is 18.2 Å². The van der Waals surface area contributed by atoms with E-state index in [1.54, 1.807) is 43.0 Å². The first kappa shape index (κ1) is 19.3. The van der Waals surface area contributed by atoms with Crippen LogP contribution < -0.4 is 14.4 Å². The van der Waals surface area contributed by atoms with E-state index >= 15 is 0 Å². The minimum atomic E-state index is -0.137. The fourth-order valence-corrected chi connectivity index (χ4v) is 3.85. The Morgan fingerprint density at radius 3 is 2.72 bits per heavy atom. The summed E-state index contributed by atoms with van der Waals surface area (Å²) >= 11 is 1.65. The van der Waals surface area contributed by atoms with Gasteiger partial charge in [0.1, 0.15) is 0 Å². The molecule has 1 aliphatic heterocycles. The molecule has 29 heavy (non-hydrogen) atoms. The topological polar surface area (TPSA) is 77.7 Å². The van der Waals surface area contributed by atoms with Gasteiger partial charge in [-0.1, -0.05) is 11.2 Å². The number of anilines is 1. The van der Waals surface area contributed by atoms with Gasteiger partial charge in [-0.05, 0) is 42.7 Å². The molecule has 2 heterocycles. The van der Waals surface area contributed by atoms with Gasteiger partial charge in [0.25, 0.3) is 0 Å². The average molecular weight is 411 g/mol. The number of carbonyl (C=O) groups excluding carboxylic acids is 1. The number of benzene rings is 2. The Balaban J connectivity index is 1.55. The summed E-state index contributed by atoms with van der Waals surface area (Å²) in [7, 11) is 3.16. The Hall–Kier alpha value is -3.00. The van der Waals surface area contributed by atoms with Crippen molar-refractivity contribution in [2.75, 3.05) is 31.9 Å². The molecule has 1 amide bonds. The molecular formula is C21H21N3O4S. The first-order chi connectivity index (χ1) is 14.1. The number of hydrogen-bond donors (Lipinski definition) is 0. The molecule has 3 aromatic rings. The van der Waals surface area contributed by atoms with E-state index in [1.807, 2.05) is 36.6 Å². The summed E-state index contributed by atoms with van der Waals surface area (Å²) in [5.41, 5.74) is 1.65. The van der Waals surface area contributed by atoms with Crippen LogP contribution in [0.15, 0.2) is 51.9 Å². The molecule has 7 nitrogen and oxygen atoms in total. The van der Waals surface area contributed by atoms with Gasteiger partial charge in [0.15, 0.2) is 11.5 Å². The molecule has 1 aliphatic rings. The molecule has 2 aromatic carbocycles. The first-order valence-electron chi connectivity index (χ1n) is 9.13. The molecule has 0 spiro atoms. The number of thioether (sulfide) groups is 1. The summed E-state index contributed by atoms with van der Waals surface area (Å²) in [5, 5.41) is 4.10. The van der Waals surface area contributed by atoms with E-state index in [4.69, 9.17) is 14.0 Å². The second kappa shape index (κ2) is 8.16. The Kier molecular flexibility index (Phi) is 5.44. The van der Waals surface area contributed by atoms with Crippen molar-refractivity contribution in [2.24, 2.45) is 0 Å². The monoisotopic (exact) mass is 411 g/mol. The van der Waals surface area contributed by atoms with Crippen LogP contribution in [-0.4, -0.2) is 43.1 Å². The number of rotatable bonds is 6. The molecule has 0 aliphatic carbocycles. The zero-order valence-corrected chi connectivity index (χ0v) is 17.2. The lowest BCUT2D eigenvalue weighted by molar-refractivity contribution is -0.117. The molecular weight excluding hydrogens is 390 g/mol. The highest BCUT2D eigenvalue weighted by atomic mass is 32.2. The largest absolute Gasteiger partial charge is 0.493 e. The van der Waals surface area contributed by atoms with E-state index in [1.165, 1.54) is 0 Å². The summed E-state index contributed by atoms with van der Waals surface area (Å²) in [5.74, 6) is 2.06. The number of methoxy groups -OCH3 is 2. The van der Waals surface area contributed by atoms with E-state index in [0.29, 0.717) is 36.2 Å². The molecule has 1 atom stereocenters. The maximum atomic E-state index is 12.6. The van der Waals surface area contributed by atoms with Crippen molar-refractivity contribution in [1.29, 1.82) is 0 Å². The van der Waals surface area contributed by atoms with Crippen LogP contribution >= 0.6 is 11.8 Å². The van der Waals surface area contributed by atoms with Crippen LogP contribution in [-0.2, 0) is 4.79 Å². The summed E-state index contributed by atoms with van der Waals surface area (Å²) in [6, 6.07) is 13.4. The first-order valence-corrected chi connectivity index (χ1v) is 10.4. The van der Waals surface area contributed by atoms with Crippen molar-refractivity contribution in [3.05, 3.63) is 48.4 Å². The van der Waals surface area contributed by atoms with Gasteiger partial charge in [-0.2, -0.15) is 4.98 Å². The fraction of sp³-hybridized carbons (Fsp3) is 0.286. The van der Waals surface area contributed by atoms with Crippen LogP contribution in [0.4, 0.5) is 5.69 Å². The fourth-order valence-electron chi connectivity index (χ4n) is 3.39. The molecule has 4 rings (SSSR count). The van der Waals surface area contributed by atoms with Crippen LogP contribution in [0.5, 0.6) is 11.5 Å². The van der Waals surface area contributed by atoms with Crippen LogP contribution in [0.3, 0.4) is 0 Å². The van der Waals surface area contributed by atoms with Crippen molar-refractivity contribution in [3.8, 4) is 22.9 Å². The number of amides is 1. The summed E-state index contributed by atoms with van der Waals surface area (Å²) < 4.78 is 16.1. The molecule has 8 heteroatoms. The normalized spacial score (nSPS) is 16.3. The lowest BCUT2D eigenvalue weighted by Gasteiger charge is -2.16. The molecule has 0 radical (unpaired) electrons. The standard InChI is InChI=1S/C21H21N3O4S/c1-26-17-8-7-13(9-18(17)27-2)20-22-21(28-23-20)14-10-19(25)24(12-14)15-5-4-6-16(11-15)29-3/h4-9,11,14H,10,12H2,1-3H3. The van der Waals surface area contributed by atoms with Gasteiger partial charge >= 0.3 is 0 Å². The second-order valence-corrected chi connectivity index (χ2v) is 7.51. The van der Waals surface area contributed by atoms with Gasteiger partial charge < -0.3 is 18.9 Å². The van der Waals surface area contributed by atoms with Crippen LogP contribution in [0.2, 0.25) is 0 Å². The molecule has 0 N–H and O–H groups in total. The predicted molar refractivity (Wildman–Crippen MR) is 111 cm³/mol. The van der Waals surface area contributed by atoms with E-state index in [-0.39, 0.29) is 11.8 Å². The second-order valence-electron chi connectivity index (χ2n) is 6.63. The van der Waals surface area contributed by atoms with Gasteiger partial charge in [0, 0.05) is 29.1 Å². The highest BCUT2D eigenvalue weighted by Crippen LogP contribution is 2.35. The maximum absolute atomic E-state index is 12.6. The summed E-state index contributed by atoms with van der Waals surface area (Å²) in [6.45, 7) is 0.518. The zero-order chi connectivity index (χ0) is 20.4. The minimum Gasteiger partial charge on any atom is -0.493 e. The van der Waals surface area contributed by atoms with Gasteiger partial charge in [0.2, 0.25) is 17.6 Å². The maximum Gasteiger partial charge on any atom is 0.232 e. The van der Waals surface area contributed by atoms with E-state index in [0.717, 1.165) is 16.1 Å². The van der Waals surface area contributed by atoms with Gasteiger partial charge in [0.05, 0.1) is 20.1 Å². The Labute approximate surface area is 173 Å². The number of carbonyl (C=O) groups is 1. The Morgan fingerprint density at radius 1 is 1.14 bits per heavy atom. The molecule has 1 aromatic heterocycles. The zero-order valence-electron chi connectivity index (χ0n) is 16.4. The third kappa shape index (κ3) is 3.80. The number of nitrogens with zero attached hydrogens (tertiary/aromatic N) is 3. The Morgan fingerprint density at radius 2 is 1.97 bits per heavy atom. The molecule has 1 unspecified atom stereocenters. The van der Waals surface area contributed by atoms with Crippen molar-refractivity contribution in [2.45, 2.75) is 17.2 Å². The van der Waals surface area contributed by atoms with Crippen molar-refractivity contribution >= 4 is 23.4 Å². The summed E-state index contributed by atoms with van der Waals surface area (Å²) in [6.07, 6.45) is 2.36. The van der Waals surface area contributed by atoms with Crippen LogP contribution in [0, 0.1) is 0 Å². The lowest BCUT2D eigenvalue weighted by Crippen LogP contribution is -2.24.